The number of terminal acetylenes is 1. The predicted molar refractivity (Wildman–Crippen MR) is 58.3 cm³/mol. The van der Waals surface area contributed by atoms with Gasteiger partial charge in [0.25, 0.3) is 0 Å². The fraction of sp³-hybridized carbons (Fsp3) is 0.500. The van der Waals surface area contributed by atoms with Crippen LogP contribution in [0.4, 0.5) is 5.13 Å². The lowest BCUT2D eigenvalue weighted by Gasteiger charge is -2.05. The van der Waals surface area contributed by atoms with Crippen molar-refractivity contribution in [1.29, 1.82) is 0 Å². The lowest BCUT2D eigenvalue weighted by molar-refractivity contribution is 1.02. The molecule has 1 aromatic heterocycles. The molecule has 70 valence electrons. The fourth-order valence-corrected chi connectivity index (χ4v) is 2.00. The van der Waals surface area contributed by atoms with E-state index in [9.17, 15) is 0 Å². The van der Waals surface area contributed by atoms with Crippen molar-refractivity contribution in [1.82, 2.24) is 4.98 Å². The van der Waals surface area contributed by atoms with E-state index in [-0.39, 0.29) is 0 Å². The molecule has 0 N–H and O–H groups in total. The summed E-state index contributed by atoms with van der Waals surface area (Å²) in [6.07, 6.45) is 6.97. The van der Waals surface area contributed by atoms with Gasteiger partial charge in [0.1, 0.15) is 0 Å². The summed E-state index contributed by atoms with van der Waals surface area (Å²) in [7, 11) is 4.01. The van der Waals surface area contributed by atoms with Crippen LogP contribution in [-0.4, -0.2) is 19.1 Å². The minimum Gasteiger partial charge on any atom is -0.354 e. The van der Waals surface area contributed by atoms with Gasteiger partial charge in [-0.2, -0.15) is 0 Å². The number of rotatable bonds is 3. The van der Waals surface area contributed by atoms with Crippen LogP contribution in [0.3, 0.4) is 0 Å². The van der Waals surface area contributed by atoms with Crippen molar-refractivity contribution >= 4 is 16.5 Å². The average molecular weight is 194 g/mol. The van der Waals surface area contributed by atoms with E-state index in [1.165, 1.54) is 4.88 Å². The number of aromatic nitrogens is 1. The maximum absolute atomic E-state index is 5.22. The number of hydrogen-bond donors (Lipinski definition) is 0. The Morgan fingerprint density at radius 3 is 2.69 bits per heavy atom. The number of anilines is 1. The Kier molecular flexibility index (Phi) is 3.32. The number of aryl methyl sites for hydroxylation is 2. The Morgan fingerprint density at radius 1 is 1.54 bits per heavy atom. The molecule has 0 saturated carbocycles. The molecule has 13 heavy (non-hydrogen) atoms. The van der Waals surface area contributed by atoms with Crippen molar-refractivity contribution in [2.75, 3.05) is 19.0 Å². The highest BCUT2D eigenvalue weighted by molar-refractivity contribution is 7.15. The lowest BCUT2D eigenvalue weighted by Crippen LogP contribution is -2.07. The zero-order chi connectivity index (χ0) is 9.84. The highest BCUT2D eigenvalue weighted by Crippen LogP contribution is 2.25. The molecule has 0 radical (unpaired) electrons. The maximum atomic E-state index is 5.22. The summed E-state index contributed by atoms with van der Waals surface area (Å²) in [5.41, 5.74) is 1.11. The Morgan fingerprint density at radius 2 is 2.23 bits per heavy atom. The van der Waals surface area contributed by atoms with Crippen molar-refractivity contribution < 1.29 is 0 Å². The zero-order valence-corrected chi connectivity index (χ0v) is 9.11. The number of thiazole rings is 1. The van der Waals surface area contributed by atoms with Gasteiger partial charge in [0.15, 0.2) is 5.13 Å². The molecule has 1 heterocycles. The Hall–Kier alpha value is -1.01. The van der Waals surface area contributed by atoms with Gasteiger partial charge in [-0.15, -0.1) is 23.7 Å². The second kappa shape index (κ2) is 4.29. The SMILES string of the molecule is C#CCCc1sc(N(C)C)nc1C. The normalized spacial score (nSPS) is 9.69. The molecule has 0 aliphatic rings. The maximum Gasteiger partial charge on any atom is 0.185 e. The molecular weight excluding hydrogens is 180 g/mol. The van der Waals surface area contributed by atoms with E-state index in [0.29, 0.717) is 0 Å². The minimum atomic E-state index is 0.801. The van der Waals surface area contributed by atoms with Gasteiger partial charge in [0.05, 0.1) is 5.69 Å². The molecule has 1 rings (SSSR count). The molecule has 0 amide bonds. The molecule has 3 heteroatoms. The van der Waals surface area contributed by atoms with Gasteiger partial charge in [-0.25, -0.2) is 4.98 Å². The monoisotopic (exact) mass is 194 g/mol. The smallest absolute Gasteiger partial charge is 0.185 e. The van der Waals surface area contributed by atoms with Crippen LogP contribution in [0.25, 0.3) is 0 Å². The van der Waals surface area contributed by atoms with E-state index in [1.54, 1.807) is 11.3 Å². The summed E-state index contributed by atoms with van der Waals surface area (Å²) in [6, 6.07) is 0. The van der Waals surface area contributed by atoms with Gasteiger partial charge in [-0.3, -0.25) is 0 Å². The Labute approximate surface area is 83.6 Å². The molecule has 1 aromatic rings. The topological polar surface area (TPSA) is 16.1 Å². The first-order valence-corrected chi connectivity index (χ1v) is 5.04. The summed E-state index contributed by atoms with van der Waals surface area (Å²) in [5, 5.41) is 1.06. The third kappa shape index (κ3) is 2.46. The van der Waals surface area contributed by atoms with Gasteiger partial charge in [0, 0.05) is 25.4 Å². The van der Waals surface area contributed by atoms with Gasteiger partial charge in [-0.1, -0.05) is 0 Å². The first-order valence-electron chi connectivity index (χ1n) is 4.22. The lowest BCUT2D eigenvalue weighted by atomic mass is 10.2. The van der Waals surface area contributed by atoms with Gasteiger partial charge in [-0.05, 0) is 13.3 Å². The molecule has 0 spiro atoms. The molecular formula is C10H14N2S. The van der Waals surface area contributed by atoms with E-state index in [2.05, 4.69) is 10.9 Å². The first-order chi connectivity index (χ1) is 6.15. The van der Waals surface area contributed by atoms with E-state index < -0.39 is 0 Å². The predicted octanol–water partition coefficient (Wildman–Crippen LogP) is 2.08. The summed E-state index contributed by atoms with van der Waals surface area (Å²) >= 11 is 1.73. The molecule has 0 aliphatic heterocycles. The highest BCUT2D eigenvalue weighted by Gasteiger charge is 2.07. The largest absolute Gasteiger partial charge is 0.354 e. The van der Waals surface area contributed by atoms with Crippen LogP contribution in [0.5, 0.6) is 0 Å². The van der Waals surface area contributed by atoms with Crippen LogP contribution in [0.15, 0.2) is 0 Å². The fourth-order valence-electron chi connectivity index (χ4n) is 1.02. The standard InChI is InChI=1S/C10H14N2S/c1-5-6-7-9-8(2)11-10(13-9)12(3)4/h1H,6-7H2,2-4H3. The molecule has 2 nitrogen and oxygen atoms in total. The van der Waals surface area contributed by atoms with Crippen molar-refractivity contribution in [3.8, 4) is 12.3 Å². The van der Waals surface area contributed by atoms with Gasteiger partial charge < -0.3 is 4.90 Å². The summed E-state index contributed by atoms with van der Waals surface area (Å²) < 4.78 is 0. The zero-order valence-electron chi connectivity index (χ0n) is 8.29. The van der Waals surface area contributed by atoms with E-state index >= 15 is 0 Å². The van der Waals surface area contributed by atoms with Crippen molar-refractivity contribution in [3.63, 3.8) is 0 Å². The summed E-state index contributed by atoms with van der Waals surface area (Å²) in [5.74, 6) is 2.65. The summed E-state index contributed by atoms with van der Waals surface area (Å²) in [6.45, 7) is 2.04. The Balaban J connectivity index is 2.79. The molecule has 0 saturated heterocycles. The first kappa shape index (κ1) is 10.1. The van der Waals surface area contributed by atoms with Crippen LogP contribution in [-0.2, 0) is 6.42 Å². The van der Waals surface area contributed by atoms with Crippen LogP contribution in [0.1, 0.15) is 17.0 Å². The third-order valence-electron chi connectivity index (χ3n) is 1.76. The second-order valence-electron chi connectivity index (χ2n) is 3.10. The highest BCUT2D eigenvalue weighted by atomic mass is 32.1. The van der Waals surface area contributed by atoms with Crippen LogP contribution in [0, 0.1) is 19.3 Å². The van der Waals surface area contributed by atoms with Crippen LogP contribution < -0.4 is 4.90 Å². The van der Waals surface area contributed by atoms with E-state index in [0.717, 1.165) is 23.7 Å². The van der Waals surface area contributed by atoms with E-state index in [1.807, 2.05) is 25.9 Å². The van der Waals surface area contributed by atoms with Gasteiger partial charge in [0.2, 0.25) is 0 Å². The third-order valence-corrected chi connectivity index (χ3v) is 3.15. The molecule has 0 atom stereocenters. The van der Waals surface area contributed by atoms with Crippen molar-refractivity contribution in [2.45, 2.75) is 19.8 Å². The molecule has 0 bridgehead atoms. The van der Waals surface area contributed by atoms with E-state index in [4.69, 9.17) is 6.42 Å². The van der Waals surface area contributed by atoms with Crippen LogP contribution in [0.2, 0.25) is 0 Å². The second-order valence-corrected chi connectivity index (χ2v) is 4.17. The summed E-state index contributed by atoms with van der Waals surface area (Å²) in [4.78, 5) is 7.77. The van der Waals surface area contributed by atoms with Crippen LogP contribution >= 0.6 is 11.3 Å². The van der Waals surface area contributed by atoms with Crippen molar-refractivity contribution in [2.24, 2.45) is 0 Å². The molecule has 0 unspecified atom stereocenters. The molecule has 0 aliphatic carbocycles. The molecule has 0 fully saturated rings. The van der Waals surface area contributed by atoms with Gasteiger partial charge >= 0.3 is 0 Å². The Bertz CT molecular complexity index is 320. The van der Waals surface area contributed by atoms with Crippen molar-refractivity contribution in [3.05, 3.63) is 10.6 Å². The minimum absolute atomic E-state index is 0.801. The number of nitrogens with zero attached hydrogens (tertiary/aromatic N) is 2. The average Bonchev–Trinajstić information content (AvgIpc) is 2.44. The molecule has 0 aromatic carbocycles. The number of hydrogen-bond acceptors (Lipinski definition) is 3. The quantitative estimate of drug-likeness (QED) is 0.685.